The van der Waals surface area contributed by atoms with E-state index >= 15 is 0 Å². The van der Waals surface area contributed by atoms with Crippen molar-refractivity contribution in [1.82, 2.24) is 0 Å². The summed E-state index contributed by atoms with van der Waals surface area (Å²) in [5.41, 5.74) is 2.80. The Kier molecular flexibility index (Phi) is 3.87. The van der Waals surface area contributed by atoms with Crippen LogP contribution in [0.4, 0.5) is 0 Å². The van der Waals surface area contributed by atoms with Crippen LogP contribution in [0.2, 0.25) is 0 Å². The summed E-state index contributed by atoms with van der Waals surface area (Å²) in [6.07, 6.45) is 6.96. The molecule has 1 aliphatic rings. The SMILES string of the molecule is CCOc1ccc(C2CCCCC2)cc1C. The molecule has 1 aromatic carbocycles. The van der Waals surface area contributed by atoms with Gasteiger partial charge in [-0.15, -0.1) is 0 Å². The van der Waals surface area contributed by atoms with E-state index in [1.54, 1.807) is 0 Å². The van der Waals surface area contributed by atoms with Gasteiger partial charge in [0.05, 0.1) is 6.61 Å². The number of hydrogen-bond acceptors (Lipinski definition) is 1. The minimum absolute atomic E-state index is 0.754. The monoisotopic (exact) mass is 218 g/mol. The fourth-order valence-electron chi connectivity index (χ4n) is 2.68. The van der Waals surface area contributed by atoms with Crippen LogP contribution in [-0.2, 0) is 0 Å². The van der Waals surface area contributed by atoms with E-state index in [9.17, 15) is 0 Å². The zero-order valence-electron chi connectivity index (χ0n) is 10.5. The second kappa shape index (κ2) is 5.38. The van der Waals surface area contributed by atoms with Gasteiger partial charge >= 0.3 is 0 Å². The maximum atomic E-state index is 5.58. The third-order valence-electron chi connectivity index (χ3n) is 3.58. The molecule has 0 bridgehead atoms. The predicted molar refractivity (Wildman–Crippen MR) is 68.2 cm³/mol. The van der Waals surface area contributed by atoms with Crippen molar-refractivity contribution in [2.75, 3.05) is 6.61 Å². The van der Waals surface area contributed by atoms with Crippen LogP contribution in [-0.4, -0.2) is 6.61 Å². The predicted octanol–water partition coefficient (Wildman–Crippen LogP) is 4.44. The van der Waals surface area contributed by atoms with Gasteiger partial charge in [0.1, 0.15) is 5.75 Å². The first kappa shape index (κ1) is 11.5. The smallest absolute Gasteiger partial charge is 0.122 e. The van der Waals surface area contributed by atoms with E-state index < -0.39 is 0 Å². The zero-order valence-corrected chi connectivity index (χ0v) is 10.5. The minimum atomic E-state index is 0.754. The third kappa shape index (κ3) is 2.58. The van der Waals surface area contributed by atoms with Gasteiger partial charge < -0.3 is 4.74 Å². The molecule has 1 fully saturated rings. The summed E-state index contributed by atoms with van der Waals surface area (Å²) in [5, 5.41) is 0. The van der Waals surface area contributed by atoms with Crippen molar-refractivity contribution in [2.45, 2.75) is 51.9 Å². The Hall–Kier alpha value is -0.980. The molecular weight excluding hydrogens is 196 g/mol. The average Bonchev–Trinajstić information content (AvgIpc) is 2.33. The van der Waals surface area contributed by atoms with Crippen LogP contribution < -0.4 is 4.74 Å². The van der Waals surface area contributed by atoms with Crippen LogP contribution in [0, 0.1) is 6.92 Å². The lowest BCUT2D eigenvalue weighted by molar-refractivity contribution is 0.337. The van der Waals surface area contributed by atoms with E-state index in [1.807, 2.05) is 6.92 Å². The van der Waals surface area contributed by atoms with Crippen LogP contribution in [0.15, 0.2) is 18.2 Å². The molecular formula is C15H22O. The molecule has 0 N–H and O–H groups in total. The molecule has 0 aromatic heterocycles. The highest BCUT2D eigenvalue weighted by molar-refractivity contribution is 5.37. The summed E-state index contributed by atoms with van der Waals surface area (Å²) in [5.74, 6) is 1.84. The summed E-state index contributed by atoms with van der Waals surface area (Å²) >= 11 is 0. The Bertz CT molecular complexity index is 337. The number of ether oxygens (including phenoxy) is 1. The molecule has 0 amide bonds. The molecule has 2 rings (SSSR count). The largest absolute Gasteiger partial charge is 0.494 e. The molecule has 1 saturated carbocycles. The lowest BCUT2D eigenvalue weighted by Crippen LogP contribution is -2.05. The molecule has 1 aliphatic carbocycles. The van der Waals surface area contributed by atoms with Gasteiger partial charge in [-0.05, 0) is 49.8 Å². The molecule has 1 aromatic rings. The highest BCUT2D eigenvalue weighted by atomic mass is 16.5. The Balaban J connectivity index is 2.13. The molecule has 0 heterocycles. The fraction of sp³-hybridized carbons (Fsp3) is 0.600. The van der Waals surface area contributed by atoms with Crippen LogP contribution in [0.25, 0.3) is 0 Å². The Labute approximate surface area is 98.8 Å². The summed E-state index contributed by atoms with van der Waals surface area (Å²) < 4.78 is 5.58. The maximum Gasteiger partial charge on any atom is 0.122 e. The van der Waals surface area contributed by atoms with Gasteiger partial charge in [-0.3, -0.25) is 0 Å². The zero-order chi connectivity index (χ0) is 11.4. The molecule has 0 aliphatic heterocycles. The van der Waals surface area contributed by atoms with Gasteiger partial charge in [-0.25, -0.2) is 0 Å². The van der Waals surface area contributed by atoms with E-state index in [4.69, 9.17) is 4.74 Å². The van der Waals surface area contributed by atoms with Crippen molar-refractivity contribution in [2.24, 2.45) is 0 Å². The topological polar surface area (TPSA) is 9.23 Å². The first-order valence-corrected chi connectivity index (χ1v) is 6.54. The molecule has 16 heavy (non-hydrogen) atoms. The second-order valence-electron chi connectivity index (χ2n) is 4.79. The summed E-state index contributed by atoms with van der Waals surface area (Å²) in [7, 11) is 0. The molecule has 0 saturated heterocycles. The number of rotatable bonds is 3. The second-order valence-corrected chi connectivity index (χ2v) is 4.79. The number of benzene rings is 1. The van der Waals surface area contributed by atoms with E-state index in [0.29, 0.717) is 0 Å². The van der Waals surface area contributed by atoms with Crippen molar-refractivity contribution < 1.29 is 4.74 Å². The molecule has 88 valence electrons. The van der Waals surface area contributed by atoms with E-state index in [1.165, 1.54) is 43.2 Å². The maximum absolute atomic E-state index is 5.58. The fourth-order valence-corrected chi connectivity index (χ4v) is 2.68. The van der Waals surface area contributed by atoms with Gasteiger partial charge in [-0.1, -0.05) is 31.4 Å². The van der Waals surface area contributed by atoms with Crippen molar-refractivity contribution in [3.05, 3.63) is 29.3 Å². The van der Waals surface area contributed by atoms with Gasteiger partial charge in [-0.2, -0.15) is 0 Å². The molecule has 0 radical (unpaired) electrons. The summed E-state index contributed by atoms with van der Waals surface area (Å²) in [6, 6.07) is 6.72. The van der Waals surface area contributed by atoms with Crippen molar-refractivity contribution >= 4 is 0 Å². The van der Waals surface area contributed by atoms with Crippen molar-refractivity contribution in [1.29, 1.82) is 0 Å². The van der Waals surface area contributed by atoms with Crippen molar-refractivity contribution in [3.8, 4) is 5.75 Å². The highest BCUT2D eigenvalue weighted by Gasteiger charge is 2.16. The molecule has 0 unspecified atom stereocenters. The van der Waals surface area contributed by atoms with Crippen LogP contribution in [0.1, 0.15) is 56.1 Å². The normalized spacial score (nSPS) is 17.4. The Morgan fingerprint density at radius 3 is 2.56 bits per heavy atom. The molecule has 0 atom stereocenters. The summed E-state index contributed by atoms with van der Waals surface area (Å²) in [4.78, 5) is 0. The number of hydrogen-bond donors (Lipinski definition) is 0. The molecule has 1 heteroatoms. The lowest BCUT2D eigenvalue weighted by atomic mass is 9.83. The van der Waals surface area contributed by atoms with Gasteiger partial charge in [0.2, 0.25) is 0 Å². The van der Waals surface area contributed by atoms with E-state index in [2.05, 4.69) is 25.1 Å². The van der Waals surface area contributed by atoms with Crippen LogP contribution in [0.3, 0.4) is 0 Å². The van der Waals surface area contributed by atoms with Crippen LogP contribution >= 0.6 is 0 Å². The lowest BCUT2D eigenvalue weighted by Gasteiger charge is -2.22. The minimum Gasteiger partial charge on any atom is -0.494 e. The van der Waals surface area contributed by atoms with Gasteiger partial charge in [0.15, 0.2) is 0 Å². The van der Waals surface area contributed by atoms with Crippen molar-refractivity contribution in [3.63, 3.8) is 0 Å². The van der Waals surface area contributed by atoms with E-state index in [0.717, 1.165) is 18.3 Å². The summed E-state index contributed by atoms with van der Waals surface area (Å²) in [6.45, 7) is 4.94. The Morgan fingerprint density at radius 1 is 1.19 bits per heavy atom. The molecule has 0 spiro atoms. The van der Waals surface area contributed by atoms with Gasteiger partial charge in [0.25, 0.3) is 0 Å². The molecule has 1 nitrogen and oxygen atoms in total. The Morgan fingerprint density at radius 2 is 1.94 bits per heavy atom. The third-order valence-corrected chi connectivity index (χ3v) is 3.58. The van der Waals surface area contributed by atoms with Crippen LogP contribution in [0.5, 0.6) is 5.75 Å². The first-order chi connectivity index (χ1) is 7.81. The average molecular weight is 218 g/mol. The van der Waals surface area contributed by atoms with E-state index in [-0.39, 0.29) is 0 Å². The number of aryl methyl sites for hydroxylation is 1. The standard InChI is InChI=1S/C15H22O/c1-3-16-15-10-9-14(11-12(15)2)13-7-5-4-6-8-13/h9-11,13H,3-8H2,1-2H3. The first-order valence-electron chi connectivity index (χ1n) is 6.54. The van der Waals surface area contributed by atoms with Gasteiger partial charge in [0, 0.05) is 0 Å². The highest BCUT2D eigenvalue weighted by Crippen LogP contribution is 2.34. The quantitative estimate of drug-likeness (QED) is 0.728.